The maximum Gasteiger partial charge on any atom is 0.241 e. The lowest BCUT2D eigenvalue weighted by molar-refractivity contribution is -0.130. The van der Waals surface area contributed by atoms with Crippen LogP contribution in [0.3, 0.4) is 0 Å². The molecule has 3 rings (SSSR count). The Labute approximate surface area is 181 Å². The van der Waals surface area contributed by atoms with E-state index < -0.39 is 10.0 Å². The van der Waals surface area contributed by atoms with E-state index in [2.05, 4.69) is 11.9 Å². The van der Waals surface area contributed by atoms with Crippen LogP contribution in [0.5, 0.6) is 5.75 Å². The average Bonchev–Trinajstić information content (AvgIpc) is 2.78. The monoisotopic (exact) mass is 449 g/mol. The molecule has 1 heterocycles. The van der Waals surface area contributed by atoms with Gasteiger partial charge in [0.25, 0.3) is 0 Å². The lowest BCUT2D eigenvalue weighted by Gasteiger charge is -2.33. The molecule has 0 unspecified atom stereocenters. The minimum Gasteiger partial charge on any atom is -0.495 e. The van der Waals surface area contributed by atoms with Gasteiger partial charge in [-0.2, -0.15) is 4.31 Å². The van der Waals surface area contributed by atoms with Crippen LogP contribution in [-0.4, -0.2) is 63.4 Å². The van der Waals surface area contributed by atoms with Gasteiger partial charge in [0.05, 0.1) is 24.4 Å². The van der Waals surface area contributed by atoms with Crippen molar-refractivity contribution in [3.63, 3.8) is 0 Å². The number of piperazine rings is 1. The van der Waals surface area contributed by atoms with Crippen molar-refractivity contribution < 1.29 is 17.9 Å². The maximum atomic E-state index is 12.6. The molecule has 1 aliphatic rings. The molecule has 0 spiro atoms. The number of sulfonamides is 1. The van der Waals surface area contributed by atoms with Crippen LogP contribution in [0.15, 0.2) is 54.5 Å². The lowest BCUT2D eigenvalue weighted by atomic mass is 10.0. The fourth-order valence-electron chi connectivity index (χ4n) is 3.28. The maximum absolute atomic E-state index is 12.6. The first kappa shape index (κ1) is 22.1. The van der Waals surface area contributed by atoms with Crippen LogP contribution in [0.25, 0.3) is 11.1 Å². The number of nitrogens with zero attached hydrogens (tertiary/aromatic N) is 2. The van der Waals surface area contributed by atoms with Gasteiger partial charge in [0, 0.05) is 43.2 Å². The van der Waals surface area contributed by atoms with E-state index in [4.69, 9.17) is 16.3 Å². The summed E-state index contributed by atoms with van der Waals surface area (Å²) in [4.78, 5) is 14.3. The van der Waals surface area contributed by atoms with Crippen molar-refractivity contribution in [1.82, 2.24) is 9.21 Å². The molecule has 0 aliphatic carbocycles. The number of carbonyl (C=O) groups excluding carboxylic acids is 1. The first-order valence-corrected chi connectivity index (χ1v) is 11.3. The van der Waals surface area contributed by atoms with Gasteiger partial charge in [-0.25, -0.2) is 8.42 Å². The van der Waals surface area contributed by atoms with E-state index >= 15 is 0 Å². The Balaban J connectivity index is 1.68. The zero-order valence-corrected chi connectivity index (χ0v) is 18.2. The van der Waals surface area contributed by atoms with Gasteiger partial charge in [0.1, 0.15) is 5.75 Å². The highest BCUT2D eigenvalue weighted by Crippen LogP contribution is 2.37. The summed E-state index contributed by atoms with van der Waals surface area (Å²) < 4.78 is 30.4. The Morgan fingerprint density at radius 3 is 2.47 bits per heavy atom. The number of hydrogen-bond acceptors (Lipinski definition) is 5. The molecule has 9 heteroatoms. The van der Waals surface area contributed by atoms with Crippen molar-refractivity contribution in [3.05, 3.63) is 59.5 Å². The molecule has 0 bridgehead atoms. The van der Waals surface area contributed by atoms with Crippen LogP contribution in [-0.2, 0) is 14.8 Å². The Bertz CT molecular complexity index is 1020. The van der Waals surface area contributed by atoms with Gasteiger partial charge in [-0.15, -0.1) is 0 Å². The summed E-state index contributed by atoms with van der Waals surface area (Å²) in [6, 6.07) is 13.3. The van der Waals surface area contributed by atoms with Gasteiger partial charge < -0.3 is 15.0 Å². The number of halogens is 1. The SMILES string of the molecule is C=CS(=O)(=O)N1CCN(C(=O)CNc2cc(-c3ccccc3)c(Cl)cc2OC)CC1. The number of methoxy groups -OCH3 is 1. The molecule has 0 radical (unpaired) electrons. The molecular formula is C21H24ClN3O4S. The molecule has 1 saturated heterocycles. The third kappa shape index (κ3) is 4.95. The van der Waals surface area contributed by atoms with Crippen LogP contribution >= 0.6 is 11.6 Å². The van der Waals surface area contributed by atoms with Gasteiger partial charge in [-0.05, 0) is 11.6 Å². The number of hydrogen-bond donors (Lipinski definition) is 1. The first-order chi connectivity index (χ1) is 14.4. The zero-order valence-electron chi connectivity index (χ0n) is 16.7. The number of benzene rings is 2. The van der Waals surface area contributed by atoms with Crippen molar-refractivity contribution >= 4 is 33.2 Å². The molecule has 1 N–H and O–H groups in total. The normalized spacial score (nSPS) is 14.9. The van der Waals surface area contributed by atoms with Crippen LogP contribution < -0.4 is 10.1 Å². The quantitative estimate of drug-likeness (QED) is 0.702. The minimum absolute atomic E-state index is 0.0560. The van der Waals surface area contributed by atoms with Gasteiger partial charge >= 0.3 is 0 Å². The third-order valence-corrected chi connectivity index (χ3v) is 6.78. The molecule has 7 nitrogen and oxygen atoms in total. The molecule has 1 amide bonds. The van der Waals surface area contributed by atoms with Gasteiger partial charge in [0.2, 0.25) is 15.9 Å². The first-order valence-electron chi connectivity index (χ1n) is 9.43. The van der Waals surface area contributed by atoms with E-state index in [-0.39, 0.29) is 25.5 Å². The predicted molar refractivity (Wildman–Crippen MR) is 119 cm³/mol. The molecule has 30 heavy (non-hydrogen) atoms. The Kier molecular flexibility index (Phi) is 7.02. The minimum atomic E-state index is -3.46. The lowest BCUT2D eigenvalue weighted by Crippen LogP contribution is -2.51. The summed E-state index contributed by atoms with van der Waals surface area (Å²) in [5.41, 5.74) is 2.44. The highest BCUT2D eigenvalue weighted by molar-refractivity contribution is 7.92. The Morgan fingerprint density at radius 1 is 1.20 bits per heavy atom. The summed E-state index contributed by atoms with van der Waals surface area (Å²) in [5.74, 6) is 0.415. The molecule has 1 aliphatic heterocycles. The molecule has 0 atom stereocenters. The number of amides is 1. The summed E-state index contributed by atoms with van der Waals surface area (Å²) in [7, 11) is -1.91. The number of rotatable bonds is 7. The topological polar surface area (TPSA) is 79.0 Å². The van der Waals surface area contributed by atoms with Crippen molar-refractivity contribution in [2.45, 2.75) is 0 Å². The summed E-state index contributed by atoms with van der Waals surface area (Å²) in [6.07, 6.45) is 0. The zero-order chi connectivity index (χ0) is 21.7. The number of anilines is 1. The van der Waals surface area contributed by atoms with Crippen molar-refractivity contribution in [2.24, 2.45) is 0 Å². The number of nitrogens with one attached hydrogen (secondary N) is 1. The highest BCUT2D eigenvalue weighted by Gasteiger charge is 2.27. The fourth-order valence-corrected chi connectivity index (χ4v) is 4.43. The molecule has 0 saturated carbocycles. The van der Waals surface area contributed by atoms with Crippen LogP contribution in [0.2, 0.25) is 5.02 Å². The second-order valence-electron chi connectivity index (χ2n) is 6.74. The molecule has 2 aromatic rings. The second-order valence-corrected chi connectivity index (χ2v) is 9.03. The smallest absolute Gasteiger partial charge is 0.241 e. The van der Waals surface area contributed by atoms with E-state index in [1.165, 1.54) is 4.31 Å². The van der Waals surface area contributed by atoms with Gasteiger partial charge in [-0.3, -0.25) is 4.79 Å². The summed E-state index contributed by atoms with van der Waals surface area (Å²) in [5, 5.41) is 4.61. The second kappa shape index (κ2) is 9.51. The standard InChI is InChI=1S/C21H24ClN3O4S/c1-3-30(27,28)25-11-9-24(10-12-25)21(26)15-23-19-13-17(16-7-5-4-6-8-16)18(22)14-20(19)29-2/h3-8,13-14,23H,1,9-12,15H2,2H3. The molecule has 2 aromatic carbocycles. The fraction of sp³-hybridized carbons (Fsp3) is 0.286. The average molecular weight is 450 g/mol. The molecule has 1 fully saturated rings. The van der Waals surface area contributed by atoms with Crippen LogP contribution in [0.1, 0.15) is 0 Å². The number of carbonyl (C=O) groups is 1. The van der Waals surface area contributed by atoms with E-state index in [0.29, 0.717) is 29.5 Å². The van der Waals surface area contributed by atoms with Crippen molar-refractivity contribution in [1.29, 1.82) is 0 Å². The molecule has 0 aromatic heterocycles. The molecule has 160 valence electrons. The van der Waals surface area contributed by atoms with Gasteiger partial charge in [0.15, 0.2) is 0 Å². The Morgan fingerprint density at radius 2 is 1.87 bits per heavy atom. The van der Waals surface area contributed by atoms with E-state index in [1.54, 1.807) is 18.1 Å². The van der Waals surface area contributed by atoms with Crippen molar-refractivity contribution in [3.8, 4) is 16.9 Å². The highest BCUT2D eigenvalue weighted by atomic mass is 35.5. The predicted octanol–water partition coefficient (Wildman–Crippen LogP) is 3.05. The van der Waals surface area contributed by atoms with Gasteiger partial charge in [-0.1, -0.05) is 48.5 Å². The number of ether oxygens (including phenoxy) is 1. The van der Waals surface area contributed by atoms with E-state index in [1.807, 2.05) is 36.4 Å². The van der Waals surface area contributed by atoms with Crippen LogP contribution in [0.4, 0.5) is 5.69 Å². The van der Waals surface area contributed by atoms with Crippen molar-refractivity contribution in [2.75, 3.05) is 45.2 Å². The van der Waals surface area contributed by atoms with E-state index in [9.17, 15) is 13.2 Å². The van der Waals surface area contributed by atoms with E-state index in [0.717, 1.165) is 16.5 Å². The van der Waals surface area contributed by atoms with Crippen LogP contribution in [0, 0.1) is 0 Å². The molecular weight excluding hydrogens is 426 g/mol. The third-order valence-electron chi connectivity index (χ3n) is 4.97. The summed E-state index contributed by atoms with van der Waals surface area (Å²) in [6.45, 7) is 4.56. The largest absolute Gasteiger partial charge is 0.495 e. The summed E-state index contributed by atoms with van der Waals surface area (Å²) >= 11 is 6.42. The Hall–Kier alpha value is -2.55.